The second-order valence-corrected chi connectivity index (χ2v) is 7.91. The number of alkyl halides is 3. The maximum Gasteiger partial charge on any atom is 0.421 e. The Bertz CT molecular complexity index is 944. The Hall–Kier alpha value is -2.63. The summed E-state index contributed by atoms with van der Waals surface area (Å²) < 4.78 is 43.2. The van der Waals surface area contributed by atoms with Crippen LogP contribution in [0.5, 0.6) is 5.75 Å². The van der Waals surface area contributed by atoms with Gasteiger partial charge in [-0.2, -0.15) is 13.2 Å². The molecule has 31 heavy (non-hydrogen) atoms. The Morgan fingerprint density at radius 1 is 1.32 bits per heavy atom. The first-order valence-corrected chi connectivity index (χ1v) is 10.2. The van der Waals surface area contributed by atoms with Crippen LogP contribution in [0, 0.1) is 23.0 Å². The highest BCUT2D eigenvalue weighted by atomic mass is 35.5. The second-order valence-electron chi connectivity index (χ2n) is 7.57. The predicted molar refractivity (Wildman–Crippen MR) is 106 cm³/mol. The molecule has 0 atom stereocenters. The Kier molecular flexibility index (Phi) is 6.87. The largest absolute Gasteiger partial charge is 0.484 e. The van der Waals surface area contributed by atoms with Gasteiger partial charge in [0.15, 0.2) is 0 Å². The van der Waals surface area contributed by atoms with E-state index >= 15 is 0 Å². The fourth-order valence-corrected chi connectivity index (χ4v) is 3.33. The second kappa shape index (κ2) is 9.25. The van der Waals surface area contributed by atoms with E-state index in [9.17, 15) is 23.3 Å². The molecule has 0 bridgehead atoms. The molecule has 2 N–H and O–H groups in total. The Morgan fingerprint density at radius 2 is 1.97 bits per heavy atom. The summed E-state index contributed by atoms with van der Waals surface area (Å²) >= 11 is 5.20. The zero-order valence-corrected chi connectivity index (χ0v) is 17.5. The molecule has 13 heteroatoms. The van der Waals surface area contributed by atoms with E-state index in [1.165, 1.54) is 19.3 Å². The van der Waals surface area contributed by atoms with Crippen LogP contribution in [0.4, 0.5) is 24.8 Å². The number of aromatic nitrogens is 4. The van der Waals surface area contributed by atoms with Gasteiger partial charge >= 0.3 is 12.0 Å². The van der Waals surface area contributed by atoms with Gasteiger partial charge in [0, 0.05) is 6.20 Å². The Balaban J connectivity index is 0.000000196. The highest BCUT2D eigenvalue weighted by Crippen LogP contribution is 2.40. The summed E-state index contributed by atoms with van der Waals surface area (Å²) in [6.45, 7) is 2.37. The molecule has 0 radical (unpaired) electrons. The van der Waals surface area contributed by atoms with Crippen LogP contribution in [0.1, 0.15) is 55.8 Å². The summed E-state index contributed by atoms with van der Waals surface area (Å²) in [5.74, 6) is 0.318. The molecule has 2 aliphatic rings. The van der Waals surface area contributed by atoms with Crippen molar-refractivity contribution in [2.75, 3.05) is 12.3 Å². The van der Waals surface area contributed by atoms with Crippen molar-refractivity contribution in [3.05, 3.63) is 32.9 Å². The standard InChI is InChI=1S/C13H19N3O3.C5H3ClF3N3/c1-9-12(19-8-10-4-2-5-10)13(16(17)18)15(14-9)11-6-3-7-11;6-4-11-1-2(3(10)12-4)5(7,8)9/h10-11H,2-8H2,1H3;1H,(H2,10,11,12). The van der Waals surface area contributed by atoms with E-state index in [4.69, 9.17) is 22.1 Å². The average Bonchev–Trinajstić information content (AvgIpc) is 2.87. The van der Waals surface area contributed by atoms with E-state index < -0.39 is 17.6 Å². The summed E-state index contributed by atoms with van der Waals surface area (Å²) in [6.07, 6.45) is 2.68. The quantitative estimate of drug-likeness (QED) is 0.387. The van der Waals surface area contributed by atoms with Gasteiger partial charge in [-0.1, -0.05) is 11.5 Å². The monoisotopic (exact) mass is 462 g/mol. The number of rotatable bonds is 5. The molecule has 2 saturated carbocycles. The number of hydrogen-bond acceptors (Lipinski definition) is 7. The lowest BCUT2D eigenvalue weighted by molar-refractivity contribution is -0.394. The van der Waals surface area contributed by atoms with E-state index in [1.54, 1.807) is 11.6 Å². The van der Waals surface area contributed by atoms with Crippen LogP contribution in [0.15, 0.2) is 6.20 Å². The number of anilines is 1. The lowest BCUT2D eigenvalue weighted by Gasteiger charge is -2.25. The van der Waals surface area contributed by atoms with Crippen molar-refractivity contribution < 1.29 is 22.8 Å². The van der Waals surface area contributed by atoms with Crippen LogP contribution in [0.2, 0.25) is 5.28 Å². The minimum absolute atomic E-state index is 0.0431. The zero-order valence-electron chi connectivity index (χ0n) is 16.7. The van der Waals surface area contributed by atoms with Gasteiger partial charge in [0.2, 0.25) is 11.0 Å². The van der Waals surface area contributed by atoms with Gasteiger partial charge in [-0.15, -0.1) is 4.68 Å². The molecule has 0 spiro atoms. The van der Waals surface area contributed by atoms with Crippen LogP contribution in [-0.2, 0) is 6.18 Å². The molecular weight excluding hydrogens is 441 g/mol. The predicted octanol–water partition coefficient (Wildman–Crippen LogP) is 4.73. The summed E-state index contributed by atoms with van der Waals surface area (Å²) in [7, 11) is 0. The highest BCUT2D eigenvalue weighted by molar-refractivity contribution is 6.28. The Morgan fingerprint density at radius 3 is 2.42 bits per heavy atom. The minimum atomic E-state index is -4.53. The smallest absolute Gasteiger partial charge is 0.421 e. The molecule has 2 aromatic heterocycles. The lowest BCUT2D eigenvalue weighted by atomic mass is 9.86. The molecule has 9 nitrogen and oxygen atoms in total. The summed E-state index contributed by atoms with van der Waals surface area (Å²) in [6, 6.07) is 0.181. The molecule has 0 unspecified atom stereocenters. The summed E-state index contributed by atoms with van der Waals surface area (Å²) in [4.78, 5) is 17.3. The number of nitrogens with two attached hydrogens (primary N) is 1. The third-order valence-corrected chi connectivity index (χ3v) is 5.56. The van der Waals surface area contributed by atoms with E-state index in [0.717, 1.165) is 19.3 Å². The van der Waals surface area contributed by atoms with Gasteiger partial charge in [0.1, 0.15) is 23.1 Å². The van der Waals surface area contributed by atoms with Gasteiger partial charge in [0.25, 0.3) is 0 Å². The van der Waals surface area contributed by atoms with Gasteiger partial charge in [-0.05, 0) is 61.5 Å². The molecule has 0 amide bonds. The van der Waals surface area contributed by atoms with Crippen molar-refractivity contribution in [2.45, 2.75) is 57.7 Å². The highest BCUT2D eigenvalue weighted by Gasteiger charge is 2.36. The molecule has 0 aromatic carbocycles. The van der Waals surface area contributed by atoms with Crippen LogP contribution >= 0.6 is 11.6 Å². The maximum atomic E-state index is 12.0. The van der Waals surface area contributed by atoms with Crippen LogP contribution in [0.25, 0.3) is 0 Å². The first-order chi connectivity index (χ1) is 14.6. The fraction of sp³-hybridized carbons (Fsp3) is 0.611. The normalized spacial score (nSPS) is 16.7. The maximum absolute atomic E-state index is 12.0. The van der Waals surface area contributed by atoms with Gasteiger partial charge < -0.3 is 20.6 Å². The first-order valence-electron chi connectivity index (χ1n) is 9.79. The first kappa shape index (κ1) is 23.0. The molecule has 2 heterocycles. The van der Waals surface area contributed by atoms with E-state index in [-0.39, 0.29) is 22.1 Å². The number of aryl methyl sites for hydroxylation is 1. The summed E-state index contributed by atoms with van der Waals surface area (Å²) in [5.41, 5.74) is 4.51. The number of nitrogen functional groups attached to an aromatic ring is 1. The van der Waals surface area contributed by atoms with Crippen molar-refractivity contribution in [1.29, 1.82) is 0 Å². The minimum Gasteiger partial charge on any atom is -0.484 e. The third-order valence-electron chi connectivity index (χ3n) is 5.38. The van der Waals surface area contributed by atoms with Crippen LogP contribution in [0.3, 0.4) is 0 Å². The molecule has 4 rings (SSSR count). The molecule has 0 aliphatic heterocycles. The van der Waals surface area contributed by atoms with Crippen molar-refractivity contribution >= 4 is 23.2 Å². The molecule has 2 fully saturated rings. The number of ether oxygens (including phenoxy) is 1. The molecule has 2 aliphatic carbocycles. The SMILES string of the molecule is Cc1nn(C2CCC2)c([N+](=O)[O-])c1OCC1CCC1.Nc1nc(Cl)ncc1C(F)(F)F. The number of nitro groups is 1. The summed E-state index contributed by atoms with van der Waals surface area (Å²) in [5, 5.41) is 15.3. The average molecular weight is 463 g/mol. The van der Waals surface area contributed by atoms with Crippen LogP contribution in [-0.4, -0.2) is 31.3 Å². The number of hydrogen-bond donors (Lipinski definition) is 1. The fourth-order valence-electron chi connectivity index (χ4n) is 3.19. The number of nitrogens with zero attached hydrogens (tertiary/aromatic N) is 5. The topological polar surface area (TPSA) is 122 Å². The third kappa shape index (κ3) is 5.35. The van der Waals surface area contributed by atoms with E-state index in [1.807, 2.05) is 0 Å². The van der Waals surface area contributed by atoms with Crippen molar-refractivity contribution in [1.82, 2.24) is 19.7 Å². The van der Waals surface area contributed by atoms with E-state index in [2.05, 4.69) is 15.1 Å². The van der Waals surface area contributed by atoms with Crippen molar-refractivity contribution in [3.8, 4) is 5.75 Å². The van der Waals surface area contributed by atoms with Crippen molar-refractivity contribution in [3.63, 3.8) is 0 Å². The molecular formula is C18H22ClF3N6O3. The molecule has 0 saturated heterocycles. The molecule has 170 valence electrons. The van der Waals surface area contributed by atoms with Crippen molar-refractivity contribution in [2.24, 2.45) is 5.92 Å². The van der Waals surface area contributed by atoms with Gasteiger partial charge in [-0.25, -0.2) is 9.97 Å². The Labute approximate surface area is 180 Å². The lowest BCUT2D eigenvalue weighted by Crippen LogP contribution is -2.21. The van der Waals surface area contributed by atoms with Gasteiger partial charge in [-0.3, -0.25) is 0 Å². The van der Waals surface area contributed by atoms with Crippen LogP contribution < -0.4 is 10.5 Å². The van der Waals surface area contributed by atoms with Gasteiger partial charge in [0.05, 0.1) is 6.61 Å². The number of halogens is 4. The zero-order chi connectivity index (χ0) is 22.8. The molecule has 2 aromatic rings. The van der Waals surface area contributed by atoms with E-state index in [0.29, 0.717) is 30.2 Å².